The summed E-state index contributed by atoms with van der Waals surface area (Å²) in [5, 5.41) is 22.9. The number of esters is 1. The van der Waals surface area contributed by atoms with E-state index in [2.05, 4.69) is 10.1 Å². The number of methoxy groups -OCH3 is 1. The maximum absolute atomic E-state index is 11.8. The normalized spacial score (nSPS) is 19.9. The maximum atomic E-state index is 11.8. The van der Waals surface area contributed by atoms with E-state index in [9.17, 15) is 24.8 Å². The van der Waals surface area contributed by atoms with Gasteiger partial charge in [-0.05, 0) is 18.6 Å². The minimum absolute atomic E-state index is 0.0177. The van der Waals surface area contributed by atoms with Crippen LogP contribution in [-0.2, 0) is 14.3 Å². The van der Waals surface area contributed by atoms with Crippen LogP contribution in [0.25, 0.3) is 0 Å². The number of nitrogens with zero attached hydrogens (tertiary/aromatic N) is 1. The summed E-state index contributed by atoms with van der Waals surface area (Å²) < 4.78 is 9.85. The minimum Gasteiger partial charge on any atom is -0.491 e. The average molecular weight is 338 g/mol. The van der Waals surface area contributed by atoms with Gasteiger partial charge in [0, 0.05) is 18.7 Å². The molecule has 9 nitrogen and oxygen atoms in total. The maximum Gasteiger partial charge on any atom is 0.309 e. The molecule has 130 valence electrons. The fourth-order valence-corrected chi connectivity index (χ4v) is 2.16. The summed E-state index contributed by atoms with van der Waals surface area (Å²) >= 11 is 0. The number of carbonyl (C=O) groups excluding carboxylic acids is 2. The monoisotopic (exact) mass is 338 g/mol. The van der Waals surface area contributed by atoms with Crippen molar-refractivity contribution >= 4 is 17.6 Å². The third-order valence-corrected chi connectivity index (χ3v) is 3.63. The third kappa shape index (κ3) is 4.66. The second kappa shape index (κ2) is 7.73. The Morgan fingerprint density at radius 2 is 2.04 bits per heavy atom. The van der Waals surface area contributed by atoms with Crippen LogP contribution in [0.4, 0.5) is 5.69 Å². The Labute approximate surface area is 137 Å². The molecule has 0 radical (unpaired) electrons. The number of non-ortho nitro benzene ring substituents is 1. The van der Waals surface area contributed by atoms with Gasteiger partial charge in [0.25, 0.3) is 5.69 Å². The first-order valence-corrected chi connectivity index (χ1v) is 7.33. The highest BCUT2D eigenvalue weighted by Crippen LogP contribution is 2.39. The summed E-state index contributed by atoms with van der Waals surface area (Å²) in [5.74, 6) is -1.14. The van der Waals surface area contributed by atoms with Gasteiger partial charge < -0.3 is 19.9 Å². The van der Waals surface area contributed by atoms with Crippen LogP contribution in [-0.4, -0.2) is 48.3 Å². The molecule has 2 N–H and O–H groups in total. The number of nitro benzene ring substituents is 1. The van der Waals surface area contributed by atoms with Gasteiger partial charge in [0.05, 0.1) is 23.9 Å². The molecule has 0 saturated heterocycles. The first-order chi connectivity index (χ1) is 11.4. The highest BCUT2D eigenvalue weighted by molar-refractivity contribution is 5.90. The van der Waals surface area contributed by atoms with Crippen molar-refractivity contribution in [3.05, 3.63) is 34.4 Å². The number of aliphatic hydroxyl groups excluding tert-OH is 1. The van der Waals surface area contributed by atoms with E-state index in [0.717, 1.165) is 0 Å². The highest BCUT2D eigenvalue weighted by atomic mass is 16.6. The molecule has 24 heavy (non-hydrogen) atoms. The molecule has 0 aliphatic heterocycles. The lowest BCUT2D eigenvalue weighted by atomic mass is 10.3. The summed E-state index contributed by atoms with van der Waals surface area (Å²) in [4.78, 5) is 33.0. The number of nitrogens with one attached hydrogen (secondary N) is 1. The molecule has 0 spiro atoms. The fourth-order valence-electron chi connectivity index (χ4n) is 2.16. The van der Waals surface area contributed by atoms with E-state index in [-0.39, 0.29) is 24.7 Å². The van der Waals surface area contributed by atoms with Crippen LogP contribution in [0.3, 0.4) is 0 Å². The van der Waals surface area contributed by atoms with Crippen LogP contribution in [0, 0.1) is 22.0 Å². The molecule has 0 aromatic heterocycles. The molecule has 9 heteroatoms. The lowest BCUT2D eigenvalue weighted by molar-refractivity contribution is -0.384. The van der Waals surface area contributed by atoms with Crippen LogP contribution in [0.2, 0.25) is 0 Å². The van der Waals surface area contributed by atoms with Crippen LogP contribution in [0.5, 0.6) is 5.75 Å². The van der Waals surface area contributed by atoms with Crippen molar-refractivity contribution < 1.29 is 29.1 Å². The molecule has 1 amide bonds. The number of aliphatic hydroxyl groups is 1. The zero-order chi connectivity index (χ0) is 17.7. The molecular formula is C15H18N2O7. The lowest BCUT2D eigenvalue weighted by Crippen LogP contribution is -2.36. The van der Waals surface area contributed by atoms with Gasteiger partial charge >= 0.3 is 5.97 Å². The van der Waals surface area contributed by atoms with Gasteiger partial charge in [-0.2, -0.15) is 0 Å². The molecule has 1 aromatic carbocycles. The minimum atomic E-state index is -0.945. The molecule has 0 unspecified atom stereocenters. The van der Waals surface area contributed by atoms with Crippen LogP contribution in [0.15, 0.2) is 24.3 Å². The predicted octanol–water partition coefficient (Wildman–Crippen LogP) is 0.260. The van der Waals surface area contributed by atoms with Crippen molar-refractivity contribution in [1.29, 1.82) is 0 Å². The van der Waals surface area contributed by atoms with Gasteiger partial charge in [-0.15, -0.1) is 0 Å². The molecule has 1 aliphatic carbocycles. The van der Waals surface area contributed by atoms with Crippen LogP contribution in [0.1, 0.15) is 6.42 Å². The highest BCUT2D eigenvalue weighted by Gasteiger charge is 2.48. The van der Waals surface area contributed by atoms with Crippen molar-refractivity contribution in [3.63, 3.8) is 0 Å². The van der Waals surface area contributed by atoms with Gasteiger partial charge in [0.2, 0.25) is 5.91 Å². The van der Waals surface area contributed by atoms with Crippen molar-refractivity contribution in [1.82, 2.24) is 5.32 Å². The summed E-state index contributed by atoms with van der Waals surface area (Å²) in [7, 11) is 1.27. The van der Waals surface area contributed by atoms with Gasteiger partial charge in [0.15, 0.2) is 0 Å². The van der Waals surface area contributed by atoms with Crippen molar-refractivity contribution in [2.24, 2.45) is 11.8 Å². The molecule has 3 atom stereocenters. The van der Waals surface area contributed by atoms with Gasteiger partial charge in [-0.1, -0.05) is 0 Å². The topological polar surface area (TPSA) is 128 Å². The van der Waals surface area contributed by atoms with Gasteiger partial charge in [-0.25, -0.2) is 0 Å². The van der Waals surface area contributed by atoms with Crippen LogP contribution < -0.4 is 10.1 Å². The second-order valence-electron chi connectivity index (χ2n) is 5.43. The molecule has 0 bridgehead atoms. The Bertz CT molecular complexity index is 617. The van der Waals surface area contributed by atoms with Crippen LogP contribution >= 0.6 is 0 Å². The second-order valence-corrected chi connectivity index (χ2v) is 5.43. The van der Waals surface area contributed by atoms with Gasteiger partial charge in [0.1, 0.15) is 18.5 Å². The van der Waals surface area contributed by atoms with E-state index in [1.165, 1.54) is 31.4 Å². The van der Waals surface area contributed by atoms with E-state index >= 15 is 0 Å². The van der Waals surface area contributed by atoms with Crippen molar-refractivity contribution in [2.45, 2.75) is 12.5 Å². The summed E-state index contributed by atoms with van der Waals surface area (Å²) in [6.07, 6.45) is -0.493. The number of ether oxygens (including phenoxy) is 2. The Morgan fingerprint density at radius 3 is 2.62 bits per heavy atom. The van der Waals surface area contributed by atoms with E-state index < -0.39 is 28.8 Å². The van der Waals surface area contributed by atoms with Gasteiger partial charge in [-0.3, -0.25) is 19.7 Å². The first-order valence-electron chi connectivity index (χ1n) is 7.33. The average Bonchev–Trinajstić information content (AvgIpc) is 3.38. The van der Waals surface area contributed by atoms with E-state index in [1.54, 1.807) is 0 Å². The molecular weight excluding hydrogens is 320 g/mol. The van der Waals surface area contributed by atoms with Crippen molar-refractivity contribution in [3.8, 4) is 5.75 Å². The quantitative estimate of drug-likeness (QED) is 0.395. The molecule has 0 heterocycles. The number of carbonyl (C=O) groups is 2. The standard InChI is InChI=1S/C15H18N2O7/c1-23-15(20)13-6-12(13)14(19)16-7-10(18)8-24-11-4-2-9(3-5-11)17(21)22/h2-5,10,12-13,18H,6-8H2,1H3,(H,16,19)/t10-,12+,13-/m0/s1. The number of amides is 1. The molecule has 2 rings (SSSR count). The molecule has 1 aliphatic rings. The Kier molecular flexibility index (Phi) is 5.69. The summed E-state index contributed by atoms with van der Waals surface area (Å²) in [6, 6.07) is 5.44. The molecule has 1 aromatic rings. The predicted molar refractivity (Wildman–Crippen MR) is 81.2 cm³/mol. The largest absolute Gasteiger partial charge is 0.491 e. The Morgan fingerprint density at radius 1 is 1.38 bits per heavy atom. The van der Waals surface area contributed by atoms with E-state index in [0.29, 0.717) is 12.2 Å². The fraction of sp³-hybridized carbons (Fsp3) is 0.467. The SMILES string of the molecule is COC(=O)[C@H]1C[C@H]1C(=O)NC[C@H](O)COc1ccc([N+](=O)[O-])cc1. The Hall–Kier alpha value is -2.68. The zero-order valence-electron chi connectivity index (χ0n) is 13.0. The zero-order valence-corrected chi connectivity index (χ0v) is 13.0. The smallest absolute Gasteiger partial charge is 0.309 e. The lowest BCUT2D eigenvalue weighted by Gasteiger charge is -2.13. The molecule has 1 fully saturated rings. The first kappa shape index (κ1) is 17.7. The number of benzene rings is 1. The number of rotatable bonds is 8. The van der Waals surface area contributed by atoms with E-state index in [4.69, 9.17) is 4.74 Å². The summed E-state index contributed by atoms with van der Waals surface area (Å²) in [5.41, 5.74) is -0.0558. The number of hydrogen-bond acceptors (Lipinski definition) is 7. The third-order valence-electron chi connectivity index (χ3n) is 3.63. The molecule has 1 saturated carbocycles. The summed E-state index contributed by atoms with van der Waals surface area (Å²) in [6.45, 7) is -0.0978. The Balaban J connectivity index is 1.68. The number of nitro groups is 1. The van der Waals surface area contributed by atoms with Crippen molar-refractivity contribution in [2.75, 3.05) is 20.3 Å². The number of hydrogen-bond donors (Lipinski definition) is 2. The van der Waals surface area contributed by atoms with E-state index in [1.807, 2.05) is 0 Å².